The van der Waals surface area contributed by atoms with E-state index < -0.39 is 12.1 Å². The van der Waals surface area contributed by atoms with Gasteiger partial charge in [-0.2, -0.15) is 13.2 Å². The van der Waals surface area contributed by atoms with Crippen molar-refractivity contribution in [2.24, 2.45) is 11.8 Å². The molecule has 2 rings (SSSR count). The highest BCUT2D eigenvalue weighted by atomic mass is 19.4. The van der Waals surface area contributed by atoms with Crippen LogP contribution in [0.3, 0.4) is 0 Å². The zero-order valence-electron chi connectivity index (χ0n) is 11.8. The van der Waals surface area contributed by atoms with Crippen molar-refractivity contribution < 1.29 is 22.7 Å². The van der Waals surface area contributed by atoms with Gasteiger partial charge in [-0.25, -0.2) is 0 Å². The van der Waals surface area contributed by atoms with Crippen molar-refractivity contribution in [1.29, 1.82) is 0 Å². The van der Waals surface area contributed by atoms with Gasteiger partial charge in [0.25, 0.3) is 0 Å². The van der Waals surface area contributed by atoms with Gasteiger partial charge in [0.2, 0.25) is 0 Å². The first-order valence-electron chi connectivity index (χ1n) is 7.68. The van der Waals surface area contributed by atoms with Crippen LogP contribution in [0.1, 0.15) is 57.8 Å². The van der Waals surface area contributed by atoms with E-state index in [-0.39, 0.29) is 30.6 Å². The molecular formula is C15H23F3O2. The molecule has 1 heterocycles. The van der Waals surface area contributed by atoms with Crippen LogP contribution in [-0.4, -0.2) is 24.7 Å². The van der Waals surface area contributed by atoms with Crippen molar-refractivity contribution in [3.8, 4) is 0 Å². The van der Waals surface area contributed by atoms with Crippen LogP contribution in [0.25, 0.3) is 0 Å². The number of carbonyl (C=O) groups excluding carboxylic acids is 1. The Balaban J connectivity index is 1.71. The maximum atomic E-state index is 12.7. The van der Waals surface area contributed by atoms with Crippen molar-refractivity contribution in [3.05, 3.63) is 0 Å². The summed E-state index contributed by atoms with van der Waals surface area (Å²) in [6.07, 6.45) is 1.60. The van der Waals surface area contributed by atoms with E-state index in [1.165, 1.54) is 0 Å². The lowest BCUT2D eigenvalue weighted by atomic mass is 9.78. The molecule has 0 N–H and O–H groups in total. The standard InChI is InChI=1S/C15H23F3O2/c16-15(17,18)12-5-1-4-11(10-12)14(19)8-2-6-13-7-3-9-20-13/h11-13H,1-10H2. The minimum Gasteiger partial charge on any atom is -0.378 e. The second kappa shape index (κ2) is 6.92. The summed E-state index contributed by atoms with van der Waals surface area (Å²) in [6, 6.07) is 0. The second-order valence-electron chi connectivity index (χ2n) is 6.10. The third-order valence-electron chi connectivity index (χ3n) is 4.57. The molecule has 0 spiro atoms. The number of halogens is 3. The van der Waals surface area contributed by atoms with Crippen LogP contribution < -0.4 is 0 Å². The number of ether oxygens (including phenoxy) is 1. The molecule has 20 heavy (non-hydrogen) atoms. The van der Waals surface area contributed by atoms with Gasteiger partial charge in [0.15, 0.2) is 0 Å². The predicted molar refractivity (Wildman–Crippen MR) is 69.3 cm³/mol. The Morgan fingerprint density at radius 3 is 2.60 bits per heavy atom. The smallest absolute Gasteiger partial charge is 0.378 e. The molecule has 0 aromatic carbocycles. The predicted octanol–water partition coefficient (Wildman–Crippen LogP) is 4.27. The molecule has 0 bridgehead atoms. The van der Waals surface area contributed by atoms with Gasteiger partial charge < -0.3 is 4.74 Å². The van der Waals surface area contributed by atoms with Crippen molar-refractivity contribution in [2.75, 3.05) is 6.61 Å². The van der Waals surface area contributed by atoms with E-state index in [1.54, 1.807) is 0 Å². The molecule has 2 nitrogen and oxygen atoms in total. The molecule has 2 aliphatic rings. The van der Waals surface area contributed by atoms with E-state index >= 15 is 0 Å². The highest BCUT2D eigenvalue weighted by molar-refractivity contribution is 5.81. The van der Waals surface area contributed by atoms with Gasteiger partial charge in [0.1, 0.15) is 5.78 Å². The van der Waals surface area contributed by atoms with Gasteiger partial charge in [-0.1, -0.05) is 6.42 Å². The quantitative estimate of drug-likeness (QED) is 0.756. The Bertz CT molecular complexity index is 322. The maximum Gasteiger partial charge on any atom is 0.391 e. The monoisotopic (exact) mass is 292 g/mol. The maximum absolute atomic E-state index is 12.7. The number of carbonyl (C=O) groups is 1. The molecule has 116 valence electrons. The molecule has 0 aromatic rings. The Kier molecular flexibility index (Phi) is 5.47. The van der Waals surface area contributed by atoms with E-state index in [0.29, 0.717) is 19.3 Å². The minimum atomic E-state index is -4.14. The summed E-state index contributed by atoms with van der Waals surface area (Å²) in [5.74, 6) is -1.62. The molecule has 1 aliphatic heterocycles. The SMILES string of the molecule is O=C(CCCC1CCCO1)C1CCCC(C(F)(F)F)C1. The first kappa shape index (κ1) is 15.8. The fourth-order valence-electron chi connectivity index (χ4n) is 3.36. The normalized spacial score (nSPS) is 31.4. The van der Waals surface area contributed by atoms with E-state index in [4.69, 9.17) is 4.74 Å². The first-order valence-corrected chi connectivity index (χ1v) is 7.68. The van der Waals surface area contributed by atoms with Crippen LogP contribution in [0.5, 0.6) is 0 Å². The van der Waals surface area contributed by atoms with Gasteiger partial charge in [0, 0.05) is 18.9 Å². The summed E-state index contributed by atoms with van der Waals surface area (Å²) in [6.45, 7) is 0.800. The Morgan fingerprint density at radius 2 is 1.95 bits per heavy atom. The van der Waals surface area contributed by atoms with E-state index in [1.807, 2.05) is 0 Å². The largest absolute Gasteiger partial charge is 0.391 e. The van der Waals surface area contributed by atoms with Crippen LogP contribution >= 0.6 is 0 Å². The molecule has 0 radical (unpaired) electrons. The van der Waals surface area contributed by atoms with E-state index in [0.717, 1.165) is 32.3 Å². The number of rotatable bonds is 5. The number of hydrogen-bond donors (Lipinski definition) is 0. The summed E-state index contributed by atoms with van der Waals surface area (Å²) in [4.78, 5) is 12.0. The molecule has 5 heteroatoms. The summed E-state index contributed by atoms with van der Waals surface area (Å²) >= 11 is 0. The van der Waals surface area contributed by atoms with Crippen molar-refractivity contribution in [2.45, 2.75) is 70.1 Å². The van der Waals surface area contributed by atoms with Crippen molar-refractivity contribution in [3.63, 3.8) is 0 Å². The fraction of sp³-hybridized carbons (Fsp3) is 0.933. The lowest BCUT2D eigenvalue weighted by Crippen LogP contribution is -2.31. The van der Waals surface area contributed by atoms with Gasteiger partial charge >= 0.3 is 6.18 Å². The minimum absolute atomic E-state index is 0.00224. The Labute approximate surface area is 118 Å². The Morgan fingerprint density at radius 1 is 1.15 bits per heavy atom. The Hall–Kier alpha value is -0.580. The number of ketones is 1. The molecule has 1 saturated heterocycles. The average molecular weight is 292 g/mol. The average Bonchev–Trinajstić information content (AvgIpc) is 2.91. The molecule has 1 saturated carbocycles. The number of hydrogen-bond acceptors (Lipinski definition) is 2. The fourth-order valence-corrected chi connectivity index (χ4v) is 3.36. The van der Waals surface area contributed by atoms with Crippen LogP contribution in [0.4, 0.5) is 13.2 Å². The van der Waals surface area contributed by atoms with E-state index in [9.17, 15) is 18.0 Å². The molecular weight excluding hydrogens is 269 g/mol. The van der Waals surface area contributed by atoms with Crippen molar-refractivity contribution >= 4 is 5.78 Å². The summed E-state index contributed by atoms with van der Waals surface area (Å²) in [5, 5.41) is 0. The molecule has 0 aromatic heterocycles. The van der Waals surface area contributed by atoms with E-state index in [2.05, 4.69) is 0 Å². The van der Waals surface area contributed by atoms with Gasteiger partial charge in [-0.05, 0) is 44.9 Å². The highest BCUT2D eigenvalue weighted by Gasteiger charge is 2.43. The molecule has 1 aliphatic carbocycles. The highest BCUT2D eigenvalue weighted by Crippen LogP contribution is 2.40. The topological polar surface area (TPSA) is 26.3 Å². The number of Topliss-reactive ketones (excluding diaryl/α,β-unsaturated/α-hetero) is 1. The molecule has 2 fully saturated rings. The summed E-state index contributed by atoms with van der Waals surface area (Å²) < 4.78 is 43.6. The second-order valence-corrected chi connectivity index (χ2v) is 6.10. The van der Waals surface area contributed by atoms with Gasteiger partial charge in [0.05, 0.1) is 12.0 Å². The molecule has 3 unspecified atom stereocenters. The molecule has 0 amide bonds. The zero-order chi connectivity index (χ0) is 14.6. The van der Waals surface area contributed by atoms with Crippen LogP contribution in [0, 0.1) is 11.8 Å². The van der Waals surface area contributed by atoms with Gasteiger partial charge in [-0.15, -0.1) is 0 Å². The first-order chi connectivity index (χ1) is 9.47. The summed E-state index contributed by atoms with van der Waals surface area (Å²) in [5.41, 5.74) is 0. The third-order valence-corrected chi connectivity index (χ3v) is 4.57. The number of alkyl halides is 3. The van der Waals surface area contributed by atoms with Gasteiger partial charge in [-0.3, -0.25) is 4.79 Å². The lowest BCUT2D eigenvalue weighted by Gasteiger charge is -2.29. The summed E-state index contributed by atoms with van der Waals surface area (Å²) in [7, 11) is 0. The third kappa shape index (κ3) is 4.47. The lowest BCUT2D eigenvalue weighted by molar-refractivity contribution is -0.186. The zero-order valence-corrected chi connectivity index (χ0v) is 11.8. The van der Waals surface area contributed by atoms with Crippen molar-refractivity contribution in [1.82, 2.24) is 0 Å². The van der Waals surface area contributed by atoms with Crippen LogP contribution in [0.15, 0.2) is 0 Å². The molecule has 3 atom stereocenters. The van der Waals surface area contributed by atoms with Crippen LogP contribution in [0.2, 0.25) is 0 Å². The van der Waals surface area contributed by atoms with Crippen LogP contribution in [-0.2, 0) is 9.53 Å².